The Balaban J connectivity index is 2.06. The zero-order valence-corrected chi connectivity index (χ0v) is 15.6. The number of esters is 3. The van der Waals surface area contributed by atoms with Crippen LogP contribution in [0.2, 0.25) is 0 Å². The molecule has 3 rings (SSSR count). The van der Waals surface area contributed by atoms with Crippen molar-refractivity contribution in [3.63, 3.8) is 0 Å². The van der Waals surface area contributed by atoms with Crippen molar-refractivity contribution in [3.05, 3.63) is 12.2 Å². The number of aliphatic hydroxyl groups excluding tert-OH is 1. The summed E-state index contributed by atoms with van der Waals surface area (Å²) in [7, 11) is 0. The third-order valence-corrected chi connectivity index (χ3v) is 6.40. The minimum absolute atomic E-state index is 0.0201. The van der Waals surface area contributed by atoms with Gasteiger partial charge in [0.05, 0.1) is 12.0 Å². The lowest BCUT2D eigenvalue weighted by Gasteiger charge is -2.42. The summed E-state index contributed by atoms with van der Waals surface area (Å²) in [6, 6.07) is 0. The molecule has 0 spiro atoms. The fourth-order valence-electron chi connectivity index (χ4n) is 5.44. The molecule has 4 unspecified atom stereocenters. The van der Waals surface area contributed by atoms with Crippen LogP contribution in [-0.4, -0.2) is 47.4 Å². The number of hydrogen-bond donors (Lipinski definition) is 1. The molecule has 0 aromatic carbocycles. The first-order valence-corrected chi connectivity index (χ1v) is 8.99. The van der Waals surface area contributed by atoms with Crippen LogP contribution in [0.3, 0.4) is 0 Å². The highest BCUT2D eigenvalue weighted by atomic mass is 16.6. The Kier molecular flexibility index (Phi) is 4.63. The molecule has 0 bridgehead atoms. The summed E-state index contributed by atoms with van der Waals surface area (Å²) in [5, 5.41) is 11.3. The van der Waals surface area contributed by atoms with Crippen LogP contribution < -0.4 is 0 Å². The first kappa shape index (κ1) is 18.9. The Morgan fingerprint density at radius 3 is 2.42 bits per heavy atom. The van der Waals surface area contributed by atoms with Crippen molar-refractivity contribution in [2.45, 2.75) is 65.0 Å². The van der Waals surface area contributed by atoms with Crippen molar-refractivity contribution in [2.24, 2.45) is 23.2 Å². The molecular formula is C19H26O7. The van der Waals surface area contributed by atoms with Gasteiger partial charge in [0.2, 0.25) is 0 Å². The summed E-state index contributed by atoms with van der Waals surface area (Å²) >= 11 is 0. The maximum Gasteiger partial charge on any atom is 0.334 e. The predicted octanol–water partition coefficient (Wildman–Crippen LogP) is 1.37. The Morgan fingerprint density at radius 2 is 1.85 bits per heavy atom. The Bertz CT molecular complexity index is 656. The lowest BCUT2D eigenvalue weighted by atomic mass is 9.67. The van der Waals surface area contributed by atoms with E-state index in [1.54, 1.807) is 0 Å². The van der Waals surface area contributed by atoms with Gasteiger partial charge in [-0.3, -0.25) is 9.59 Å². The first-order valence-electron chi connectivity index (χ1n) is 8.99. The Morgan fingerprint density at radius 1 is 1.23 bits per heavy atom. The van der Waals surface area contributed by atoms with E-state index in [-0.39, 0.29) is 17.4 Å². The van der Waals surface area contributed by atoms with Gasteiger partial charge in [-0.2, -0.15) is 0 Å². The highest BCUT2D eigenvalue weighted by Crippen LogP contribution is 2.58. The standard InChI is InChI=1S/C19H26O7/c1-8-6-12-15(9(2)18(23)26-12)17(22)19(5)14(25-11(4)21)7-13(16(8)19)24-10(3)20/h8,12-17,22H,2,6-7H2,1,3-5H3/t8?,12-,13?,14?,15+,16?,17-,19+/m0/s1. The largest absolute Gasteiger partial charge is 0.462 e. The lowest BCUT2D eigenvalue weighted by Crippen LogP contribution is -2.50. The van der Waals surface area contributed by atoms with Crippen molar-refractivity contribution < 1.29 is 33.7 Å². The molecule has 1 N–H and O–H groups in total. The zero-order valence-electron chi connectivity index (χ0n) is 15.6. The highest BCUT2D eigenvalue weighted by Gasteiger charge is 2.66. The number of carbonyl (C=O) groups excluding carboxylic acids is 3. The van der Waals surface area contributed by atoms with Gasteiger partial charge >= 0.3 is 17.9 Å². The molecule has 3 fully saturated rings. The van der Waals surface area contributed by atoms with Gasteiger partial charge in [0.25, 0.3) is 0 Å². The summed E-state index contributed by atoms with van der Waals surface area (Å²) in [5.41, 5.74) is -0.643. The number of carbonyl (C=O) groups is 3. The van der Waals surface area contributed by atoms with Crippen LogP contribution in [0.1, 0.15) is 40.5 Å². The summed E-state index contributed by atoms with van der Waals surface area (Å²) in [5.74, 6) is -2.18. The van der Waals surface area contributed by atoms with Crippen molar-refractivity contribution >= 4 is 17.9 Å². The van der Waals surface area contributed by atoms with E-state index in [2.05, 4.69) is 6.58 Å². The molecule has 7 nitrogen and oxygen atoms in total. The number of ether oxygens (including phenoxy) is 3. The van der Waals surface area contributed by atoms with Gasteiger partial charge in [-0.15, -0.1) is 0 Å². The van der Waals surface area contributed by atoms with Crippen LogP contribution in [0.15, 0.2) is 12.2 Å². The van der Waals surface area contributed by atoms with Gasteiger partial charge in [-0.05, 0) is 12.3 Å². The van der Waals surface area contributed by atoms with Crippen molar-refractivity contribution in [1.29, 1.82) is 0 Å². The van der Waals surface area contributed by atoms with E-state index in [1.165, 1.54) is 13.8 Å². The molecule has 1 heterocycles. The molecule has 144 valence electrons. The maximum absolute atomic E-state index is 12.0. The van der Waals surface area contributed by atoms with E-state index in [9.17, 15) is 19.5 Å². The second-order valence-electron chi connectivity index (χ2n) is 8.03. The minimum Gasteiger partial charge on any atom is -0.462 e. The second-order valence-corrected chi connectivity index (χ2v) is 8.03. The second kappa shape index (κ2) is 6.37. The lowest BCUT2D eigenvalue weighted by molar-refractivity contribution is -0.162. The van der Waals surface area contributed by atoms with E-state index < -0.39 is 53.7 Å². The smallest absolute Gasteiger partial charge is 0.334 e. The van der Waals surface area contributed by atoms with Gasteiger partial charge in [0, 0.05) is 37.2 Å². The average molecular weight is 366 g/mol. The number of hydrogen-bond acceptors (Lipinski definition) is 7. The van der Waals surface area contributed by atoms with Crippen molar-refractivity contribution in [1.82, 2.24) is 0 Å². The molecule has 0 amide bonds. The summed E-state index contributed by atoms with van der Waals surface area (Å²) in [4.78, 5) is 35.2. The normalized spacial score (nSPS) is 44.6. The quantitative estimate of drug-likeness (QED) is 0.448. The number of aliphatic hydroxyl groups is 1. The van der Waals surface area contributed by atoms with Gasteiger partial charge in [0.15, 0.2) is 0 Å². The summed E-state index contributed by atoms with van der Waals surface area (Å²) in [6.07, 6.45) is -1.74. The van der Waals surface area contributed by atoms with Gasteiger partial charge < -0.3 is 19.3 Å². The van der Waals surface area contributed by atoms with E-state index in [0.717, 1.165) is 0 Å². The molecule has 0 aromatic rings. The topological polar surface area (TPSA) is 99.1 Å². The number of fused-ring (bicyclic) bond motifs is 2. The molecule has 1 aliphatic heterocycles. The number of rotatable bonds is 2. The average Bonchev–Trinajstić information content (AvgIpc) is 2.90. The molecular weight excluding hydrogens is 340 g/mol. The maximum atomic E-state index is 12.0. The monoisotopic (exact) mass is 366 g/mol. The molecule has 1 saturated heterocycles. The molecule has 0 aromatic heterocycles. The van der Waals surface area contributed by atoms with E-state index in [4.69, 9.17) is 14.2 Å². The van der Waals surface area contributed by atoms with Crippen molar-refractivity contribution in [2.75, 3.05) is 0 Å². The van der Waals surface area contributed by atoms with Crippen LogP contribution in [0.25, 0.3) is 0 Å². The fraction of sp³-hybridized carbons (Fsp3) is 0.737. The van der Waals surface area contributed by atoms with Crippen LogP contribution in [-0.2, 0) is 28.6 Å². The summed E-state index contributed by atoms with van der Waals surface area (Å²) in [6.45, 7) is 10.3. The third-order valence-electron chi connectivity index (χ3n) is 6.40. The van der Waals surface area contributed by atoms with E-state index in [1.807, 2.05) is 13.8 Å². The zero-order chi connectivity index (χ0) is 19.4. The molecule has 8 atom stereocenters. The van der Waals surface area contributed by atoms with Crippen LogP contribution >= 0.6 is 0 Å². The predicted molar refractivity (Wildman–Crippen MR) is 89.6 cm³/mol. The van der Waals surface area contributed by atoms with Gasteiger partial charge in [-0.1, -0.05) is 20.4 Å². The van der Waals surface area contributed by atoms with E-state index in [0.29, 0.717) is 12.8 Å². The first-order chi connectivity index (χ1) is 12.1. The fourth-order valence-corrected chi connectivity index (χ4v) is 5.44. The van der Waals surface area contributed by atoms with Gasteiger partial charge in [-0.25, -0.2) is 4.79 Å². The summed E-state index contributed by atoms with van der Waals surface area (Å²) < 4.78 is 16.5. The van der Waals surface area contributed by atoms with E-state index >= 15 is 0 Å². The van der Waals surface area contributed by atoms with Crippen LogP contribution in [0.4, 0.5) is 0 Å². The molecule has 7 heteroatoms. The molecule has 2 aliphatic carbocycles. The van der Waals surface area contributed by atoms with Gasteiger partial charge in [0.1, 0.15) is 18.3 Å². The third kappa shape index (κ3) is 2.73. The molecule has 0 radical (unpaired) electrons. The Labute approximate surface area is 152 Å². The van der Waals surface area contributed by atoms with Crippen molar-refractivity contribution in [3.8, 4) is 0 Å². The SMILES string of the molecule is C=C1C(=O)O[C@H]2CC(C)C3C(OC(C)=O)CC(OC(C)=O)[C@@]3(C)[C@@H](O)[C@H]12. The molecule has 2 saturated carbocycles. The molecule has 3 aliphatic rings. The Hall–Kier alpha value is -1.89. The van der Waals surface area contributed by atoms with Crippen LogP contribution in [0, 0.1) is 23.2 Å². The minimum atomic E-state index is -1.01. The molecule has 26 heavy (non-hydrogen) atoms. The van der Waals surface area contributed by atoms with Crippen LogP contribution in [0.5, 0.6) is 0 Å². The highest BCUT2D eigenvalue weighted by molar-refractivity contribution is 5.91.